The Hall–Kier alpha value is -1.06. The largest absolute Gasteiger partial charge is 0.497 e. The van der Waals surface area contributed by atoms with Crippen LogP contribution >= 0.6 is 11.6 Å². The molecule has 0 heterocycles. The minimum atomic E-state index is -0.117. The summed E-state index contributed by atoms with van der Waals surface area (Å²) in [6, 6.07) is 4.86. The average molecular weight is 215 g/mol. The second-order valence-corrected chi connectivity index (χ2v) is 3.17. The summed E-state index contributed by atoms with van der Waals surface area (Å²) in [6.45, 7) is 0.0451. The Morgan fingerprint density at radius 2 is 2.07 bits per heavy atom. The molecule has 1 rings (SSSR count). The number of methoxy groups -OCH3 is 2. The number of rotatable bonds is 4. The monoisotopic (exact) mass is 214 g/mol. The third-order valence-corrected chi connectivity index (χ3v) is 1.92. The Balaban J connectivity index is 2.96. The number of halogens is 1. The van der Waals surface area contributed by atoms with Gasteiger partial charge in [0.2, 0.25) is 0 Å². The van der Waals surface area contributed by atoms with E-state index in [4.69, 9.17) is 21.1 Å². The van der Waals surface area contributed by atoms with E-state index in [9.17, 15) is 4.79 Å². The molecule has 0 aliphatic rings. The summed E-state index contributed by atoms with van der Waals surface area (Å²) >= 11 is 5.80. The van der Waals surface area contributed by atoms with Crippen LogP contribution in [-0.4, -0.2) is 26.6 Å². The number of benzene rings is 1. The molecule has 0 fully saturated rings. The number of ether oxygens (including phenoxy) is 2. The van der Waals surface area contributed by atoms with Crippen LogP contribution in [0.2, 0.25) is 5.02 Å². The van der Waals surface area contributed by atoms with Gasteiger partial charge in [0.15, 0.2) is 5.78 Å². The van der Waals surface area contributed by atoms with Gasteiger partial charge in [-0.3, -0.25) is 4.79 Å². The highest BCUT2D eigenvalue weighted by Gasteiger charge is 2.07. The zero-order valence-electron chi connectivity index (χ0n) is 8.04. The molecule has 1 aromatic carbocycles. The topological polar surface area (TPSA) is 35.5 Å². The van der Waals surface area contributed by atoms with Crippen LogP contribution in [0, 0.1) is 0 Å². The molecular weight excluding hydrogens is 204 g/mol. The maximum absolute atomic E-state index is 11.4. The maximum Gasteiger partial charge on any atom is 0.188 e. The molecule has 1 aromatic rings. The molecule has 0 aliphatic heterocycles. The van der Waals surface area contributed by atoms with Crippen molar-refractivity contribution in [2.45, 2.75) is 0 Å². The summed E-state index contributed by atoms with van der Waals surface area (Å²) in [5.74, 6) is 0.449. The Bertz CT molecular complexity index is 336. The van der Waals surface area contributed by atoms with Crippen LogP contribution in [0.15, 0.2) is 18.2 Å². The first-order valence-corrected chi connectivity index (χ1v) is 4.42. The Kier molecular flexibility index (Phi) is 3.92. The first kappa shape index (κ1) is 11.0. The van der Waals surface area contributed by atoms with Crippen molar-refractivity contribution in [2.75, 3.05) is 20.8 Å². The fraction of sp³-hybridized carbons (Fsp3) is 0.300. The molecular formula is C10H11ClO3. The lowest BCUT2D eigenvalue weighted by atomic mass is 10.1. The van der Waals surface area contributed by atoms with Crippen molar-refractivity contribution < 1.29 is 14.3 Å². The Morgan fingerprint density at radius 3 is 2.64 bits per heavy atom. The number of hydrogen-bond donors (Lipinski definition) is 0. The minimum Gasteiger partial charge on any atom is -0.497 e. The average Bonchev–Trinajstić information content (AvgIpc) is 2.17. The molecule has 0 aliphatic carbocycles. The lowest BCUT2D eigenvalue weighted by molar-refractivity contribution is 0.0847. The van der Waals surface area contributed by atoms with Crippen LogP contribution in [0.25, 0.3) is 0 Å². The summed E-state index contributed by atoms with van der Waals surface area (Å²) in [6.07, 6.45) is 0. The molecule has 0 amide bonds. The molecule has 0 N–H and O–H groups in total. The van der Waals surface area contributed by atoms with Gasteiger partial charge >= 0.3 is 0 Å². The Morgan fingerprint density at radius 1 is 1.36 bits per heavy atom. The van der Waals surface area contributed by atoms with E-state index in [1.165, 1.54) is 14.2 Å². The standard InChI is InChI=1S/C10H11ClO3/c1-13-6-10(12)7-3-8(11)5-9(4-7)14-2/h3-5H,6H2,1-2H3. The fourth-order valence-electron chi connectivity index (χ4n) is 1.06. The normalized spacial score (nSPS) is 9.93. The van der Waals surface area contributed by atoms with Crippen LogP contribution in [0.5, 0.6) is 5.75 Å². The van der Waals surface area contributed by atoms with Gasteiger partial charge in [0, 0.05) is 17.7 Å². The van der Waals surface area contributed by atoms with Gasteiger partial charge in [-0.2, -0.15) is 0 Å². The zero-order valence-corrected chi connectivity index (χ0v) is 8.80. The molecule has 3 nitrogen and oxygen atoms in total. The van der Waals surface area contributed by atoms with E-state index in [1.807, 2.05) is 0 Å². The van der Waals surface area contributed by atoms with E-state index in [0.717, 1.165) is 0 Å². The van der Waals surface area contributed by atoms with Crippen molar-refractivity contribution in [3.8, 4) is 5.75 Å². The number of ketones is 1. The summed E-state index contributed by atoms with van der Waals surface area (Å²) in [7, 11) is 3.00. The quantitative estimate of drug-likeness (QED) is 0.721. The summed E-state index contributed by atoms with van der Waals surface area (Å²) in [5, 5.41) is 0.476. The number of carbonyl (C=O) groups is 1. The van der Waals surface area contributed by atoms with Crippen molar-refractivity contribution in [1.82, 2.24) is 0 Å². The molecule has 0 radical (unpaired) electrons. The van der Waals surface area contributed by atoms with E-state index >= 15 is 0 Å². The van der Waals surface area contributed by atoms with Crippen LogP contribution in [-0.2, 0) is 4.74 Å². The minimum absolute atomic E-state index is 0.0451. The number of carbonyl (C=O) groups excluding carboxylic acids is 1. The smallest absolute Gasteiger partial charge is 0.188 e. The number of hydrogen-bond acceptors (Lipinski definition) is 3. The molecule has 0 unspecified atom stereocenters. The predicted molar refractivity (Wildman–Crippen MR) is 54.2 cm³/mol. The van der Waals surface area contributed by atoms with Crippen molar-refractivity contribution in [2.24, 2.45) is 0 Å². The molecule has 0 bridgehead atoms. The third kappa shape index (κ3) is 2.72. The van der Waals surface area contributed by atoms with E-state index in [-0.39, 0.29) is 12.4 Å². The van der Waals surface area contributed by atoms with E-state index in [1.54, 1.807) is 18.2 Å². The zero-order chi connectivity index (χ0) is 10.6. The second kappa shape index (κ2) is 4.98. The SMILES string of the molecule is COCC(=O)c1cc(Cl)cc(OC)c1. The van der Waals surface area contributed by atoms with E-state index in [0.29, 0.717) is 16.3 Å². The first-order valence-electron chi connectivity index (χ1n) is 4.04. The molecule has 0 aromatic heterocycles. The van der Waals surface area contributed by atoms with Crippen LogP contribution in [0.1, 0.15) is 10.4 Å². The van der Waals surface area contributed by atoms with Crippen molar-refractivity contribution >= 4 is 17.4 Å². The van der Waals surface area contributed by atoms with Gasteiger partial charge < -0.3 is 9.47 Å². The van der Waals surface area contributed by atoms with Gasteiger partial charge in [-0.15, -0.1) is 0 Å². The first-order chi connectivity index (χ1) is 6.67. The lowest BCUT2D eigenvalue weighted by Gasteiger charge is -2.04. The van der Waals surface area contributed by atoms with Gasteiger partial charge in [0.25, 0.3) is 0 Å². The van der Waals surface area contributed by atoms with Gasteiger partial charge in [0.1, 0.15) is 12.4 Å². The third-order valence-electron chi connectivity index (χ3n) is 1.70. The summed E-state index contributed by atoms with van der Waals surface area (Å²) in [5.41, 5.74) is 0.496. The van der Waals surface area contributed by atoms with Gasteiger partial charge in [-0.1, -0.05) is 11.6 Å². The van der Waals surface area contributed by atoms with Crippen molar-refractivity contribution in [1.29, 1.82) is 0 Å². The molecule has 4 heteroatoms. The highest BCUT2D eigenvalue weighted by atomic mass is 35.5. The summed E-state index contributed by atoms with van der Waals surface area (Å²) < 4.78 is 9.72. The molecule has 76 valence electrons. The highest BCUT2D eigenvalue weighted by Crippen LogP contribution is 2.20. The molecule has 0 saturated carbocycles. The van der Waals surface area contributed by atoms with Gasteiger partial charge in [-0.05, 0) is 18.2 Å². The van der Waals surface area contributed by atoms with Crippen molar-refractivity contribution in [3.05, 3.63) is 28.8 Å². The molecule has 14 heavy (non-hydrogen) atoms. The lowest BCUT2D eigenvalue weighted by Crippen LogP contribution is -2.07. The highest BCUT2D eigenvalue weighted by molar-refractivity contribution is 6.31. The Labute approximate surface area is 87.6 Å². The fourth-order valence-corrected chi connectivity index (χ4v) is 1.28. The molecule has 0 atom stereocenters. The van der Waals surface area contributed by atoms with E-state index in [2.05, 4.69) is 0 Å². The summed E-state index contributed by atoms with van der Waals surface area (Å²) in [4.78, 5) is 11.4. The van der Waals surface area contributed by atoms with Crippen molar-refractivity contribution in [3.63, 3.8) is 0 Å². The maximum atomic E-state index is 11.4. The number of Topliss-reactive ketones (excluding diaryl/α,β-unsaturated/α-hetero) is 1. The van der Waals surface area contributed by atoms with Gasteiger partial charge in [0.05, 0.1) is 7.11 Å². The molecule has 0 spiro atoms. The molecule has 0 saturated heterocycles. The second-order valence-electron chi connectivity index (χ2n) is 2.74. The predicted octanol–water partition coefficient (Wildman–Crippen LogP) is 2.18. The van der Waals surface area contributed by atoms with Crippen LogP contribution in [0.3, 0.4) is 0 Å². The van der Waals surface area contributed by atoms with Crippen LogP contribution in [0.4, 0.5) is 0 Å². The van der Waals surface area contributed by atoms with Crippen LogP contribution < -0.4 is 4.74 Å². The van der Waals surface area contributed by atoms with E-state index < -0.39 is 0 Å². The van der Waals surface area contributed by atoms with Gasteiger partial charge in [-0.25, -0.2) is 0 Å².